The minimum atomic E-state index is -0.854. The molecular weight excluding hydrogens is 258 g/mol. The van der Waals surface area contributed by atoms with Gasteiger partial charge in [-0.1, -0.05) is 24.3 Å². The SMILES string of the molecule is COCCc1ccc(-c2cnc(CCC(=O)O)o2)cc1. The second-order valence-corrected chi connectivity index (χ2v) is 4.45. The molecule has 0 fully saturated rings. The molecule has 0 radical (unpaired) electrons. The summed E-state index contributed by atoms with van der Waals surface area (Å²) >= 11 is 0. The molecule has 2 aromatic rings. The van der Waals surface area contributed by atoms with Gasteiger partial charge in [0.25, 0.3) is 0 Å². The predicted octanol–water partition coefficient (Wildman–Crippen LogP) is 2.55. The molecule has 0 amide bonds. The van der Waals surface area contributed by atoms with E-state index in [9.17, 15) is 4.79 Å². The number of aromatic nitrogens is 1. The molecule has 0 unspecified atom stereocenters. The largest absolute Gasteiger partial charge is 0.481 e. The molecule has 0 bridgehead atoms. The van der Waals surface area contributed by atoms with Gasteiger partial charge in [0.15, 0.2) is 11.7 Å². The van der Waals surface area contributed by atoms with Crippen molar-refractivity contribution in [1.29, 1.82) is 0 Å². The van der Waals surface area contributed by atoms with Crippen LogP contribution in [-0.4, -0.2) is 29.8 Å². The van der Waals surface area contributed by atoms with Crippen LogP contribution in [0, 0.1) is 0 Å². The second kappa shape index (κ2) is 6.86. The first-order valence-corrected chi connectivity index (χ1v) is 6.44. The van der Waals surface area contributed by atoms with Gasteiger partial charge in [0.2, 0.25) is 0 Å². The van der Waals surface area contributed by atoms with Crippen LogP contribution in [-0.2, 0) is 22.4 Å². The van der Waals surface area contributed by atoms with Crippen LogP contribution in [0.4, 0.5) is 0 Å². The molecule has 20 heavy (non-hydrogen) atoms. The molecule has 0 aliphatic carbocycles. The summed E-state index contributed by atoms with van der Waals surface area (Å²) in [6.07, 6.45) is 2.83. The molecule has 106 valence electrons. The first-order valence-electron chi connectivity index (χ1n) is 6.44. The Labute approximate surface area is 117 Å². The number of nitrogens with zero attached hydrogens (tertiary/aromatic N) is 1. The molecular formula is C15H17NO4. The van der Waals surface area contributed by atoms with Crippen molar-refractivity contribution in [2.24, 2.45) is 0 Å². The van der Waals surface area contributed by atoms with E-state index >= 15 is 0 Å². The van der Waals surface area contributed by atoms with Crippen LogP contribution in [0.25, 0.3) is 11.3 Å². The zero-order valence-electron chi connectivity index (χ0n) is 11.3. The number of carboxylic acids is 1. The number of aliphatic carboxylic acids is 1. The van der Waals surface area contributed by atoms with E-state index in [0.29, 0.717) is 24.7 Å². The number of benzene rings is 1. The van der Waals surface area contributed by atoms with Gasteiger partial charge in [-0.15, -0.1) is 0 Å². The Morgan fingerprint density at radius 1 is 1.30 bits per heavy atom. The summed E-state index contributed by atoms with van der Waals surface area (Å²) in [5, 5.41) is 8.62. The van der Waals surface area contributed by atoms with Crippen molar-refractivity contribution in [2.75, 3.05) is 13.7 Å². The van der Waals surface area contributed by atoms with Gasteiger partial charge in [-0.3, -0.25) is 4.79 Å². The smallest absolute Gasteiger partial charge is 0.303 e. The Bertz CT molecular complexity index is 560. The third-order valence-corrected chi connectivity index (χ3v) is 2.94. The Balaban J connectivity index is 2.02. The molecule has 5 heteroatoms. The average molecular weight is 275 g/mol. The summed E-state index contributed by atoms with van der Waals surface area (Å²) in [5.41, 5.74) is 2.13. The van der Waals surface area contributed by atoms with Gasteiger partial charge in [-0.25, -0.2) is 4.98 Å². The number of methoxy groups -OCH3 is 1. The van der Waals surface area contributed by atoms with Gasteiger partial charge in [0.1, 0.15) is 0 Å². The van der Waals surface area contributed by atoms with Crippen molar-refractivity contribution in [3.8, 4) is 11.3 Å². The van der Waals surface area contributed by atoms with Gasteiger partial charge in [0, 0.05) is 19.1 Å². The molecule has 0 spiro atoms. The fraction of sp³-hybridized carbons (Fsp3) is 0.333. The fourth-order valence-corrected chi connectivity index (χ4v) is 1.83. The highest BCUT2D eigenvalue weighted by molar-refractivity contribution is 5.66. The van der Waals surface area contributed by atoms with Crippen LogP contribution < -0.4 is 0 Å². The van der Waals surface area contributed by atoms with Crippen molar-refractivity contribution >= 4 is 5.97 Å². The van der Waals surface area contributed by atoms with Gasteiger partial charge >= 0.3 is 5.97 Å². The number of ether oxygens (including phenoxy) is 1. The third kappa shape index (κ3) is 3.93. The standard InChI is InChI=1S/C15H17NO4/c1-19-9-8-11-2-4-12(5-3-11)13-10-16-14(20-13)6-7-15(17)18/h2-5,10H,6-9H2,1H3,(H,17,18). The molecule has 5 nitrogen and oxygen atoms in total. The van der Waals surface area contributed by atoms with E-state index in [1.54, 1.807) is 13.3 Å². The van der Waals surface area contributed by atoms with Crippen LogP contribution >= 0.6 is 0 Å². The molecule has 2 rings (SSSR count). The van der Waals surface area contributed by atoms with Crippen molar-refractivity contribution in [3.63, 3.8) is 0 Å². The Hall–Kier alpha value is -2.14. The monoisotopic (exact) mass is 275 g/mol. The maximum Gasteiger partial charge on any atom is 0.303 e. The topological polar surface area (TPSA) is 72.6 Å². The van der Waals surface area contributed by atoms with Crippen LogP contribution in [0.5, 0.6) is 0 Å². The Kier molecular flexibility index (Phi) is 4.90. The molecule has 0 atom stereocenters. The minimum absolute atomic E-state index is 0.0237. The molecule has 1 aromatic carbocycles. The number of carboxylic acid groups (broad SMARTS) is 1. The molecule has 0 aliphatic heterocycles. The lowest BCUT2D eigenvalue weighted by atomic mass is 10.1. The zero-order valence-corrected chi connectivity index (χ0v) is 11.3. The number of aryl methyl sites for hydroxylation is 1. The normalized spacial score (nSPS) is 10.7. The lowest BCUT2D eigenvalue weighted by Gasteiger charge is -2.01. The van der Waals surface area contributed by atoms with E-state index in [2.05, 4.69) is 4.98 Å². The summed E-state index contributed by atoms with van der Waals surface area (Å²) in [6.45, 7) is 0.695. The lowest BCUT2D eigenvalue weighted by Crippen LogP contribution is -1.97. The number of hydrogen-bond acceptors (Lipinski definition) is 4. The fourth-order valence-electron chi connectivity index (χ4n) is 1.83. The Morgan fingerprint density at radius 2 is 2.05 bits per heavy atom. The molecule has 1 N–H and O–H groups in total. The summed E-state index contributed by atoms with van der Waals surface area (Å²) in [6, 6.07) is 7.97. The third-order valence-electron chi connectivity index (χ3n) is 2.94. The Morgan fingerprint density at radius 3 is 2.70 bits per heavy atom. The van der Waals surface area contributed by atoms with Gasteiger partial charge < -0.3 is 14.3 Å². The predicted molar refractivity (Wildman–Crippen MR) is 73.5 cm³/mol. The molecule has 1 aromatic heterocycles. The number of rotatable bonds is 7. The van der Waals surface area contributed by atoms with Crippen molar-refractivity contribution in [3.05, 3.63) is 41.9 Å². The van der Waals surface area contributed by atoms with E-state index in [4.69, 9.17) is 14.3 Å². The van der Waals surface area contributed by atoms with Crippen LogP contribution in [0.15, 0.2) is 34.9 Å². The maximum atomic E-state index is 10.5. The summed E-state index contributed by atoms with van der Waals surface area (Å²) < 4.78 is 10.6. The highest BCUT2D eigenvalue weighted by atomic mass is 16.5. The van der Waals surface area contributed by atoms with Crippen molar-refractivity contribution in [2.45, 2.75) is 19.3 Å². The van der Waals surface area contributed by atoms with E-state index in [-0.39, 0.29) is 6.42 Å². The maximum absolute atomic E-state index is 10.5. The van der Waals surface area contributed by atoms with Crippen molar-refractivity contribution in [1.82, 2.24) is 4.98 Å². The van der Waals surface area contributed by atoms with Gasteiger partial charge in [-0.2, -0.15) is 0 Å². The van der Waals surface area contributed by atoms with Crippen LogP contribution in [0.1, 0.15) is 17.9 Å². The summed E-state index contributed by atoms with van der Waals surface area (Å²) in [5.74, 6) is 0.252. The molecule has 0 aliphatic rings. The molecule has 0 saturated carbocycles. The summed E-state index contributed by atoms with van der Waals surface area (Å²) in [4.78, 5) is 14.6. The number of carbonyl (C=O) groups is 1. The quantitative estimate of drug-likeness (QED) is 0.840. The highest BCUT2D eigenvalue weighted by Crippen LogP contribution is 2.21. The van der Waals surface area contributed by atoms with E-state index < -0.39 is 5.97 Å². The first-order chi connectivity index (χ1) is 9.69. The summed E-state index contributed by atoms with van der Waals surface area (Å²) in [7, 11) is 1.68. The van der Waals surface area contributed by atoms with Gasteiger partial charge in [-0.05, 0) is 12.0 Å². The van der Waals surface area contributed by atoms with E-state index in [1.807, 2.05) is 24.3 Å². The number of oxazole rings is 1. The average Bonchev–Trinajstić information content (AvgIpc) is 2.92. The molecule has 1 heterocycles. The van der Waals surface area contributed by atoms with Crippen LogP contribution in [0.2, 0.25) is 0 Å². The molecule has 0 saturated heterocycles. The van der Waals surface area contributed by atoms with Crippen molar-refractivity contribution < 1.29 is 19.1 Å². The lowest BCUT2D eigenvalue weighted by molar-refractivity contribution is -0.137. The highest BCUT2D eigenvalue weighted by Gasteiger charge is 2.08. The van der Waals surface area contributed by atoms with E-state index in [1.165, 1.54) is 5.56 Å². The van der Waals surface area contributed by atoms with E-state index in [0.717, 1.165) is 12.0 Å². The number of hydrogen-bond donors (Lipinski definition) is 1. The zero-order chi connectivity index (χ0) is 14.4. The first kappa shape index (κ1) is 14.3. The van der Waals surface area contributed by atoms with Gasteiger partial charge in [0.05, 0.1) is 19.2 Å². The van der Waals surface area contributed by atoms with Crippen LogP contribution in [0.3, 0.4) is 0 Å². The second-order valence-electron chi connectivity index (χ2n) is 4.45. The minimum Gasteiger partial charge on any atom is -0.481 e.